The smallest absolute Gasteiger partial charge is 0.263 e. The molecule has 0 aliphatic carbocycles. The largest absolute Gasteiger partial charge is 0.487 e. The highest BCUT2D eigenvalue weighted by Crippen LogP contribution is 2.27. The van der Waals surface area contributed by atoms with Crippen LogP contribution in [0.5, 0.6) is 5.75 Å². The summed E-state index contributed by atoms with van der Waals surface area (Å²) >= 11 is 16.8. The van der Waals surface area contributed by atoms with Crippen LogP contribution in [0.3, 0.4) is 0 Å². The van der Waals surface area contributed by atoms with Gasteiger partial charge in [0.2, 0.25) is 0 Å². The lowest BCUT2D eigenvalue weighted by Crippen LogP contribution is -2.51. The van der Waals surface area contributed by atoms with Gasteiger partial charge in [-0.25, -0.2) is 0 Å². The van der Waals surface area contributed by atoms with E-state index in [0.29, 0.717) is 28.0 Å². The van der Waals surface area contributed by atoms with Crippen LogP contribution in [0.25, 0.3) is 6.08 Å². The van der Waals surface area contributed by atoms with Crippen LogP contribution >= 0.6 is 35.4 Å². The van der Waals surface area contributed by atoms with Gasteiger partial charge in [0.1, 0.15) is 17.9 Å². The van der Waals surface area contributed by atoms with Gasteiger partial charge in [0.05, 0.1) is 5.02 Å². The second-order valence-electron chi connectivity index (χ2n) is 5.40. The van der Waals surface area contributed by atoms with E-state index < -0.39 is 11.8 Å². The minimum absolute atomic E-state index is 0.0128. The maximum Gasteiger partial charge on any atom is 0.263 e. The fourth-order valence-corrected chi connectivity index (χ4v) is 2.79. The Balaban J connectivity index is 1.74. The van der Waals surface area contributed by atoms with Crippen LogP contribution < -0.4 is 15.4 Å². The molecule has 5 nitrogen and oxygen atoms in total. The van der Waals surface area contributed by atoms with Gasteiger partial charge in [-0.15, -0.1) is 0 Å². The fraction of sp³-hybridized carbons (Fsp3) is 0.0556. The molecule has 0 radical (unpaired) electrons. The molecule has 2 amide bonds. The van der Waals surface area contributed by atoms with E-state index in [-0.39, 0.29) is 10.7 Å². The van der Waals surface area contributed by atoms with Crippen LogP contribution in [0, 0.1) is 0 Å². The average Bonchev–Trinajstić information content (AvgIpc) is 2.59. The fourth-order valence-electron chi connectivity index (χ4n) is 2.24. The van der Waals surface area contributed by atoms with Crippen molar-refractivity contribution in [2.24, 2.45) is 0 Å². The van der Waals surface area contributed by atoms with E-state index in [4.69, 9.17) is 40.2 Å². The van der Waals surface area contributed by atoms with Crippen molar-refractivity contribution in [1.29, 1.82) is 0 Å². The topological polar surface area (TPSA) is 67.4 Å². The van der Waals surface area contributed by atoms with Gasteiger partial charge in [-0.1, -0.05) is 41.4 Å². The maximum atomic E-state index is 11.9. The van der Waals surface area contributed by atoms with Gasteiger partial charge in [-0.2, -0.15) is 0 Å². The summed E-state index contributed by atoms with van der Waals surface area (Å²) < 4.78 is 5.69. The average molecular weight is 407 g/mol. The number of halogens is 2. The Labute approximate surface area is 164 Å². The summed E-state index contributed by atoms with van der Waals surface area (Å²) in [6.45, 7) is 0.333. The van der Waals surface area contributed by atoms with E-state index in [1.54, 1.807) is 30.3 Å². The summed E-state index contributed by atoms with van der Waals surface area (Å²) in [6, 6.07) is 12.3. The van der Waals surface area contributed by atoms with Crippen molar-refractivity contribution in [2.45, 2.75) is 6.61 Å². The third-order valence-corrected chi connectivity index (χ3v) is 4.27. The zero-order valence-electron chi connectivity index (χ0n) is 13.2. The lowest BCUT2D eigenvalue weighted by Gasteiger charge is -2.16. The third-order valence-electron chi connectivity index (χ3n) is 3.52. The maximum absolute atomic E-state index is 11.9. The van der Waals surface area contributed by atoms with Crippen LogP contribution in [0.4, 0.5) is 0 Å². The predicted molar refractivity (Wildman–Crippen MR) is 104 cm³/mol. The molecular weight excluding hydrogens is 395 g/mol. The Morgan fingerprint density at radius 1 is 1.00 bits per heavy atom. The van der Waals surface area contributed by atoms with Crippen molar-refractivity contribution < 1.29 is 14.3 Å². The number of amides is 2. The molecule has 0 spiro atoms. The first-order valence-corrected chi connectivity index (χ1v) is 8.64. The number of nitrogens with one attached hydrogen (secondary N) is 2. The first-order valence-electron chi connectivity index (χ1n) is 7.47. The molecule has 1 saturated heterocycles. The molecule has 1 fully saturated rings. The highest BCUT2D eigenvalue weighted by atomic mass is 35.5. The summed E-state index contributed by atoms with van der Waals surface area (Å²) in [5, 5.41) is 5.75. The zero-order chi connectivity index (χ0) is 18.7. The zero-order valence-corrected chi connectivity index (χ0v) is 15.5. The van der Waals surface area contributed by atoms with E-state index in [1.807, 2.05) is 12.1 Å². The highest BCUT2D eigenvalue weighted by Gasteiger charge is 2.25. The van der Waals surface area contributed by atoms with E-state index in [2.05, 4.69) is 10.6 Å². The van der Waals surface area contributed by atoms with Crippen molar-refractivity contribution in [2.75, 3.05) is 0 Å². The first-order chi connectivity index (χ1) is 12.4. The van der Waals surface area contributed by atoms with Gasteiger partial charge in [-0.3, -0.25) is 20.2 Å². The van der Waals surface area contributed by atoms with Crippen LogP contribution in [0.1, 0.15) is 11.1 Å². The number of rotatable bonds is 4. The number of ether oxygens (including phenoxy) is 1. The van der Waals surface area contributed by atoms with Crippen molar-refractivity contribution in [3.63, 3.8) is 0 Å². The number of carbonyl (C=O) groups is 2. The molecule has 8 heteroatoms. The number of carbonyl (C=O) groups excluding carboxylic acids is 2. The van der Waals surface area contributed by atoms with Crippen molar-refractivity contribution >= 4 is 58.4 Å². The molecule has 1 heterocycles. The van der Waals surface area contributed by atoms with Gasteiger partial charge < -0.3 is 4.74 Å². The minimum Gasteiger partial charge on any atom is -0.487 e. The molecular formula is C18H12Cl2N2O3S. The highest BCUT2D eigenvalue weighted by molar-refractivity contribution is 7.80. The number of thiocarbonyl (C=S) groups is 1. The summed E-state index contributed by atoms with van der Waals surface area (Å²) in [6.07, 6.45) is 1.43. The van der Waals surface area contributed by atoms with Gasteiger partial charge in [0.25, 0.3) is 11.8 Å². The van der Waals surface area contributed by atoms with E-state index in [9.17, 15) is 9.59 Å². The van der Waals surface area contributed by atoms with Crippen molar-refractivity contribution in [3.05, 3.63) is 69.2 Å². The Bertz CT molecular complexity index is 905. The van der Waals surface area contributed by atoms with Gasteiger partial charge in [0.15, 0.2) is 5.11 Å². The van der Waals surface area contributed by atoms with Gasteiger partial charge in [-0.05, 0) is 53.7 Å². The Hall–Kier alpha value is -2.41. The molecule has 132 valence electrons. The molecule has 3 rings (SSSR count). The molecule has 0 unspecified atom stereocenters. The molecule has 0 atom stereocenters. The number of hydrogen-bond acceptors (Lipinski definition) is 4. The van der Waals surface area contributed by atoms with Crippen molar-refractivity contribution in [3.8, 4) is 5.75 Å². The SMILES string of the molecule is O=C1NC(=S)NC(=O)C1=Cc1ccc(OCc2ccc(Cl)cc2)c(Cl)c1. The Morgan fingerprint density at radius 2 is 1.65 bits per heavy atom. The third kappa shape index (κ3) is 4.40. The van der Waals surface area contributed by atoms with Crippen LogP contribution in [-0.2, 0) is 16.2 Å². The first kappa shape index (κ1) is 18.4. The van der Waals surface area contributed by atoms with Crippen LogP contribution in [0.15, 0.2) is 48.0 Å². The van der Waals surface area contributed by atoms with Crippen LogP contribution in [0.2, 0.25) is 10.0 Å². The lowest BCUT2D eigenvalue weighted by atomic mass is 10.1. The molecule has 26 heavy (non-hydrogen) atoms. The van der Waals surface area contributed by atoms with E-state index in [0.717, 1.165) is 5.56 Å². The molecule has 0 bridgehead atoms. The summed E-state index contributed by atoms with van der Waals surface area (Å²) in [4.78, 5) is 23.7. The second-order valence-corrected chi connectivity index (χ2v) is 6.65. The summed E-state index contributed by atoms with van der Waals surface area (Å²) in [5.74, 6) is -0.627. The molecule has 2 aromatic carbocycles. The van der Waals surface area contributed by atoms with E-state index in [1.165, 1.54) is 6.08 Å². The van der Waals surface area contributed by atoms with Gasteiger partial charge in [0, 0.05) is 5.02 Å². The standard InChI is InChI=1S/C18H12Cl2N2O3S/c19-12-4-1-10(2-5-12)9-25-15-6-3-11(8-14(15)20)7-13-16(23)21-18(26)22-17(13)24/h1-8H,9H2,(H2,21,22,23,24,26). The lowest BCUT2D eigenvalue weighted by molar-refractivity contribution is -0.123. The quantitative estimate of drug-likeness (QED) is 0.463. The summed E-state index contributed by atoms with van der Waals surface area (Å²) in [7, 11) is 0. The number of hydrogen-bond donors (Lipinski definition) is 2. The molecule has 1 aliphatic rings. The Kier molecular flexibility index (Phi) is 5.56. The normalized spacial score (nSPS) is 13.9. The molecule has 0 saturated carbocycles. The van der Waals surface area contributed by atoms with Crippen LogP contribution in [-0.4, -0.2) is 16.9 Å². The Morgan fingerprint density at radius 3 is 2.27 bits per heavy atom. The summed E-state index contributed by atoms with van der Waals surface area (Å²) in [5.41, 5.74) is 1.48. The van der Waals surface area contributed by atoms with Crippen molar-refractivity contribution in [1.82, 2.24) is 10.6 Å². The monoisotopic (exact) mass is 406 g/mol. The molecule has 0 aromatic heterocycles. The molecule has 2 aromatic rings. The second kappa shape index (κ2) is 7.86. The molecule has 1 aliphatic heterocycles. The number of benzene rings is 2. The van der Waals surface area contributed by atoms with E-state index >= 15 is 0 Å². The predicted octanol–water partition coefficient (Wildman–Crippen LogP) is 3.49. The molecule has 2 N–H and O–H groups in total. The van der Waals surface area contributed by atoms with Gasteiger partial charge >= 0.3 is 0 Å². The minimum atomic E-state index is -0.557.